The van der Waals surface area contributed by atoms with Gasteiger partial charge in [0.1, 0.15) is 16.0 Å². The number of hydrogen-bond donors (Lipinski definition) is 0. The Bertz CT molecular complexity index is 658. The fraction of sp³-hybridized carbons (Fsp3) is 0.125. The second-order valence-corrected chi connectivity index (χ2v) is 5.39. The Labute approximate surface area is 118 Å². The molecule has 0 saturated carbocycles. The van der Waals surface area contributed by atoms with Crippen LogP contribution in [0, 0.1) is 0 Å². The van der Waals surface area contributed by atoms with Crippen molar-refractivity contribution in [2.75, 3.05) is 0 Å². The Morgan fingerprint density at radius 3 is 2.50 bits per heavy atom. The number of aromatic nitrogens is 1. The Hall–Kier alpha value is -0.180. The maximum absolute atomic E-state index is 11.6. The normalized spacial score (nSPS) is 11.3. The molecule has 0 aliphatic carbocycles. The Morgan fingerprint density at radius 1 is 1.31 bits per heavy atom. The van der Waals surface area contributed by atoms with Crippen LogP contribution in [0.3, 0.4) is 0 Å². The molecule has 2 aromatic rings. The molecule has 0 radical (unpaired) electrons. The third-order valence-electron chi connectivity index (χ3n) is 1.83. The number of fused-ring (bicyclic) bond motifs is 1. The van der Waals surface area contributed by atoms with Gasteiger partial charge in [-0.25, -0.2) is 12.4 Å². The SMILES string of the molecule is O=c1c2ccccc2sn1CS(=O)(=O)[O-].[Na+]. The number of rotatable bonds is 2. The van der Waals surface area contributed by atoms with Gasteiger partial charge in [-0.2, -0.15) is 0 Å². The maximum atomic E-state index is 11.6. The van der Waals surface area contributed by atoms with Gasteiger partial charge in [0, 0.05) is 0 Å². The van der Waals surface area contributed by atoms with Gasteiger partial charge in [-0.3, -0.25) is 4.79 Å². The number of hydrogen-bond acceptors (Lipinski definition) is 5. The Morgan fingerprint density at radius 2 is 1.94 bits per heavy atom. The van der Waals surface area contributed by atoms with Crippen LogP contribution in [-0.4, -0.2) is 16.9 Å². The summed E-state index contributed by atoms with van der Waals surface area (Å²) >= 11 is 0.976. The first-order chi connectivity index (χ1) is 6.97. The van der Waals surface area contributed by atoms with Crippen LogP contribution in [0.4, 0.5) is 0 Å². The van der Waals surface area contributed by atoms with Gasteiger partial charge in [-0.15, -0.1) is 0 Å². The minimum atomic E-state index is -4.42. The molecular formula is C8H6NNaO4S2. The minimum Gasteiger partial charge on any atom is -0.747 e. The number of nitrogens with zero attached hydrogens (tertiary/aromatic N) is 1. The standard InChI is InChI=1S/C8H7NO4S2.Na/c10-8-6-3-1-2-4-7(6)14-9(8)5-15(11,12)13;/h1-4H,5H2,(H,11,12,13);/q;+1/p-1. The van der Waals surface area contributed by atoms with Gasteiger partial charge in [-0.05, 0) is 12.1 Å². The van der Waals surface area contributed by atoms with E-state index in [0.717, 1.165) is 15.5 Å². The molecular weight excluding hydrogens is 261 g/mol. The molecule has 1 aromatic carbocycles. The molecule has 0 aliphatic rings. The van der Waals surface area contributed by atoms with Crippen LogP contribution < -0.4 is 35.1 Å². The van der Waals surface area contributed by atoms with Crippen LogP contribution in [0.25, 0.3) is 10.1 Å². The van der Waals surface area contributed by atoms with E-state index in [1.807, 2.05) is 0 Å². The smallest absolute Gasteiger partial charge is 0.747 e. The largest absolute Gasteiger partial charge is 1.00 e. The molecule has 80 valence electrons. The van der Waals surface area contributed by atoms with Crippen molar-refractivity contribution in [3.05, 3.63) is 34.6 Å². The predicted molar refractivity (Wildman–Crippen MR) is 55.8 cm³/mol. The van der Waals surface area contributed by atoms with Crippen LogP contribution in [0.1, 0.15) is 0 Å². The monoisotopic (exact) mass is 267 g/mol. The predicted octanol–water partition coefficient (Wildman–Crippen LogP) is -2.43. The molecule has 0 unspecified atom stereocenters. The van der Waals surface area contributed by atoms with E-state index in [1.54, 1.807) is 24.3 Å². The summed E-state index contributed by atoms with van der Waals surface area (Å²) in [5, 5.41) is 0.436. The molecule has 8 heteroatoms. The van der Waals surface area contributed by atoms with E-state index in [-0.39, 0.29) is 29.6 Å². The molecule has 1 aromatic heterocycles. The van der Waals surface area contributed by atoms with Crippen molar-refractivity contribution in [1.82, 2.24) is 3.96 Å². The van der Waals surface area contributed by atoms with Crippen LogP contribution in [0.15, 0.2) is 29.1 Å². The topological polar surface area (TPSA) is 79.2 Å². The summed E-state index contributed by atoms with van der Waals surface area (Å²) in [6, 6.07) is 6.73. The summed E-state index contributed by atoms with van der Waals surface area (Å²) in [6.07, 6.45) is 0. The molecule has 1 heterocycles. The Balaban J connectivity index is 0.00000128. The molecule has 0 aliphatic heterocycles. The van der Waals surface area contributed by atoms with Gasteiger partial charge in [0.05, 0.1) is 10.1 Å². The average Bonchev–Trinajstić information content (AvgIpc) is 2.42. The zero-order valence-corrected chi connectivity index (χ0v) is 12.0. The van der Waals surface area contributed by atoms with E-state index < -0.39 is 21.6 Å². The Kier molecular flexibility index (Phi) is 4.33. The first kappa shape index (κ1) is 13.9. The van der Waals surface area contributed by atoms with Crippen LogP contribution in [0.2, 0.25) is 0 Å². The van der Waals surface area contributed by atoms with Crippen LogP contribution in [0.5, 0.6) is 0 Å². The zero-order chi connectivity index (χ0) is 11.1. The summed E-state index contributed by atoms with van der Waals surface area (Å²) in [7, 11) is -4.42. The van der Waals surface area contributed by atoms with Crippen molar-refractivity contribution >= 4 is 31.7 Å². The quantitative estimate of drug-likeness (QED) is 0.448. The number of benzene rings is 1. The van der Waals surface area contributed by atoms with Crippen molar-refractivity contribution in [1.29, 1.82) is 0 Å². The summed E-state index contributed by atoms with van der Waals surface area (Å²) in [6.45, 7) is 0. The molecule has 0 atom stereocenters. The van der Waals surface area contributed by atoms with Gasteiger partial charge in [-0.1, -0.05) is 23.7 Å². The molecule has 0 N–H and O–H groups in total. The molecule has 0 fully saturated rings. The third-order valence-corrected chi connectivity index (χ3v) is 3.63. The van der Waals surface area contributed by atoms with Crippen LogP contribution in [-0.2, 0) is 16.0 Å². The molecule has 5 nitrogen and oxygen atoms in total. The van der Waals surface area contributed by atoms with E-state index in [0.29, 0.717) is 10.1 Å². The molecule has 0 amide bonds. The first-order valence-corrected chi connectivity index (χ1v) is 6.35. The zero-order valence-electron chi connectivity index (χ0n) is 8.41. The van der Waals surface area contributed by atoms with E-state index in [2.05, 4.69) is 0 Å². The second-order valence-electron chi connectivity index (χ2n) is 2.96. The molecule has 0 saturated heterocycles. The summed E-state index contributed by atoms with van der Waals surface area (Å²) < 4.78 is 33.2. The average molecular weight is 267 g/mol. The summed E-state index contributed by atoms with van der Waals surface area (Å²) in [4.78, 5) is 11.6. The summed E-state index contributed by atoms with van der Waals surface area (Å²) in [5.41, 5.74) is -0.435. The second kappa shape index (κ2) is 4.99. The van der Waals surface area contributed by atoms with Crippen molar-refractivity contribution in [2.24, 2.45) is 0 Å². The molecule has 16 heavy (non-hydrogen) atoms. The molecule has 0 spiro atoms. The van der Waals surface area contributed by atoms with Crippen molar-refractivity contribution in [2.45, 2.75) is 5.88 Å². The maximum Gasteiger partial charge on any atom is 1.00 e. The van der Waals surface area contributed by atoms with E-state index in [4.69, 9.17) is 0 Å². The fourth-order valence-corrected chi connectivity index (χ4v) is 3.06. The van der Waals surface area contributed by atoms with Crippen molar-refractivity contribution in [3.8, 4) is 0 Å². The van der Waals surface area contributed by atoms with E-state index in [9.17, 15) is 17.8 Å². The third kappa shape index (κ3) is 2.93. The summed E-state index contributed by atoms with van der Waals surface area (Å²) in [5.74, 6) is -0.800. The minimum absolute atomic E-state index is 0. The van der Waals surface area contributed by atoms with Gasteiger partial charge in [0.25, 0.3) is 5.56 Å². The fourth-order valence-electron chi connectivity index (χ4n) is 1.25. The van der Waals surface area contributed by atoms with Crippen molar-refractivity contribution in [3.63, 3.8) is 0 Å². The molecule has 2 rings (SSSR count). The van der Waals surface area contributed by atoms with Gasteiger partial charge in [0.15, 0.2) is 0 Å². The van der Waals surface area contributed by atoms with Gasteiger partial charge in [0.2, 0.25) is 0 Å². The van der Waals surface area contributed by atoms with E-state index >= 15 is 0 Å². The van der Waals surface area contributed by atoms with Crippen LogP contribution >= 0.6 is 11.5 Å². The molecule has 0 bridgehead atoms. The first-order valence-electron chi connectivity index (χ1n) is 4.00. The van der Waals surface area contributed by atoms with E-state index in [1.165, 1.54) is 0 Å². The van der Waals surface area contributed by atoms with Gasteiger partial charge >= 0.3 is 29.6 Å². The van der Waals surface area contributed by atoms with Gasteiger partial charge < -0.3 is 4.55 Å². The van der Waals surface area contributed by atoms with Crippen molar-refractivity contribution < 1.29 is 42.5 Å².